The van der Waals surface area contributed by atoms with Gasteiger partial charge in [0, 0.05) is 41.0 Å². The average Bonchev–Trinajstić information content (AvgIpc) is 3.38. The Kier molecular flexibility index (Phi) is 5.40. The molecular weight excluding hydrogens is 436 g/mol. The van der Waals surface area contributed by atoms with Crippen molar-refractivity contribution < 1.29 is 4.79 Å². The van der Waals surface area contributed by atoms with Crippen LogP contribution in [-0.2, 0) is 13.6 Å². The van der Waals surface area contributed by atoms with E-state index in [1.165, 1.54) is 0 Å². The molecule has 0 fully saturated rings. The van der Waals surface area contributed by atoms with Crippen LogP contribution >= 0.6 is 11.6 Å². The highest BCUT2D eigenvalue weighted by molar-refractivity contribution is 6.30. The fourth-order valence-electron chi connectivity index (χ4n) is 3.77. The molecule has 2 aromatic carbocycles. The van der Waals surface area contributed by atoms with Crippen LogP contribution in [0, 0.1) is 6.92 Å². The van der Waals surface area contributed by atoms with Crippen LogP contribution in [0.1, 0.15) is 21.6 Å². The first-order valence-electron chi connectivity index (χ1n) is 10.5. The first-order valence-corrected chi connectivity index (χ1v) is 10.8. The predicted octanol–water partition coefficient (Wildman–Crippen LogP) is 5.09. The molecule has 0 radical (unpaired) electrons. The molecule has 0 aliphatic carbocycles. The number of para-hydroxylation sites is 1. The minimum absolute atomic E-state index is 0.246. The topological polar surface area (TPSA) is 77.6 Å². The van der Waals surface area contributed by atoms with E-state index in [0.717, 1.165) is 27.7 Å². The number of halogens is 1. The number of nitrogens with zero attached hydrogens (tertiary/aromatic N) is 5. The third kappa shape index (κ3) is 4.23. The van der Waals surface area contributed by atoms with Gasteiger partial charge in [-0.3, -0.25) is 14.2 Å². The van der Waals surface area contributed by atoms with Crippen molar-refractivity contribution in [3.8, 4) is 11.3 Å². The van der Waals surface area contributed by atoms with Gasteiger partial charge >= 0.3 is 0 Å². The van der Waals surface area contributed by atoms with E-state index >= 15 is 0 Å². The second-order valence-electron chi connectivity index (χ2n) is 7.82. The number of anilines is 1. The fourth-order valence-corrected chi connectivity index (χ4v) is 3.99. The summed E-state index contributed by atoms with van der Waals surface area (Å²) in [5, 5.41) is 13.2. The molecule has 0 atom stereocenters. The van der Waals surface area contributed by atoms with Crippen LogP contribution in [0.4, 0.5) is 5.82 Å². The molecule has 5 rings (SSSR count). The number of amides is 1. The first-order chi connectivity index (χ1) is 16.0. The van der Waals surface area contributed by atoms with Crippen molar-refractivity contribution in [2.45, 2.75) is 13.5 Å². The number of hydrogen-bond donors (Lipinski definition) is 1. The summed E-state index contributed by atoms with van der Waals surface area (Å²) in [6, 6.07) is 18.8. The highest BCUT2D eigenvalue weighted by Gasteiger charge is 2.17. The second-order valence-corrected chi connectivity index (χ2v) is 8.26. The second kappa shape index (κ2) is 8.52. The lowest BCUT2D eigenvalue weighted by molar-refractivity contribution is 0.102. The van der Waals surface area contributed by atoms with Gasteiger partial charge in [-0.05, 0) is 36.8 Å². The lowest BCUT2D eigenvalue weighted by Crippen LogP contribution is -2.14. The maximum absolute atomic E-state index is 13.3. The molecule has 0 spiro atoms. The Bertz CT molecular complexity index is 1490. The molecule has 33 heavy (non-hydrogen) atoms. The Balaban J connectivity index is 1.45. The van der Waals surface area contributed by atoms with Gasteiger partial charge in [-0.2, -0.15) is 10.2 Å². The Labute approximate surface area is 195 Å². The molecule has 7 nitrogen and oxygen atoms in total. The lowest BCUT2D eigenvalue weighted by Gasteiger charge is -2.09. The first kappa shape index (κ1) is 20.9. The van der Waals surface area contributed by atoms with E-state index in [2.05, 4.69) is 15.5 Å². The standard InChI is InChI=1S/C25H21ClN6O/c1-16-21(14-27-31(16)2)23-13-20(19-8-3-4-9-22(19)28-23)25(33)29-24-10-11-32(30-24)15-17-6-5-7-18(26)12-17/h3-14H,15H2,1-2H3,(H,29,30,33). The number of pyridine rings is 1. The molecule has 3 heterocycles. The Hall–Kier alpha value is -3.97. The summed E-state index contributed by atoms with van der Waals surface area (Å²) in [4.78, 5) is 18.1. The molecular formula is C25H21ClN6O. The van der Waals surface area contributed by atoms with Crippen LogP contribution in [-0.4, -0.2) is 30.5 Å². The quantitative estimate of drug-likeness (QED) is 0.399. The molecule has 3 aromatic heterocycles. The number of rotatable bonds is 5. The zero-order valence-corrected chi connectivity index (χ0v) is 18.9. The molecule has 0 aliphatic rings. The van der Waals surface area contributed by atoms with Gasteiger partial charge in [0.05, 0.1) is 29.5 Å². The molecule has 1 amide bonds. The number of nitrogens with one attached hydrogen (secondary N) is 1. The van der Waals surface area contributed by atoms with Gasteiger partial charge in [-0.15, -0.1) is 0 Å². The van der Waals surface area contributed by atoms with Crippen LogP contribution in [0.5, 0.6) is 0 Å². The number of carbonyl (C=O) groups is 1. The Morgan fingerprint density at radius 2 is 1.94 bits per heavy atom. The number of hydrogen-bond acceptors (Lipinski definition) is 4. The molecule has 164 valence electrons. The third-order valence-electron chi connectivity index (χ3n) is 5.59. The number of carbonyl (C=O) groups excluding carboxylic acids is 1. The summed E-state index contributed by atoms with van der Waals surface area (Å²) in [6.07, 6.45) is 3.59. The van der Waals surface area contributed by atoms with Crippen LogP contribution in [0.25, 0.3) is 22.2 Å². The van der Waals surface area contributed by atoms with Crippen LogP contribution < -0.4 is 5.32 Å². The summed E-state index contributed by atoms with van der Waals surface area (Å²) < 4.78 is 3.55. The molecule has 0 aliphatic heterocycles. The molecule has 8 heteroatoms. The predicted molar refractivity (Wildman–Crippen MR) is 129 cm³/mol. The van der Waals surface area contributed by atoms with Gasteiger partial charge in [0.2, 0.25) is 0 Å². The minimum atomic E-state index is -0.246. The zero-order chi connectivity index (χ0) is 22.9. The van der Waals surface area contributed by atoms with Crippen molar-refractivity contribution in [1.82, 2.24) is 24.5 Å². The highest BCUT2D eigenvalue weighted by Crippen LogP contribution is 2.27. The monoisotopic (exact) mass is 456 g/mol. The number of aromatic nitrogens is 5. The van der Waals surface area contributed by atoms with Gasteiger partial charge in [0.15, 0.2) is 5.82 Å². The highest BCUT2D eigenvalue weighted by atomic mass is 35.5. The minimum Gasteiger partial charge on any atom is -0.305 e. The van der Waals surface area contributed by atoms with Gasteiger partial charge in [-0.25, -0.2) is 4.98 Å². The molecule has 0 saturated carbocycles. The summed E-state index contributed by atoms with van der Waals surface area (Å²) in [6.45, 7) is 2.53. The van der Waals surface area contributed by atoms with Crippen LogP contribution in [0.2, 0.25) is 5.02 Å². The van der Waals surface area contributed by atoms with Crippen LogP contribution in [0.15, 0.2) is 73.1 Å². The van der Waals surface area contributed by atoms with Gasteiger partial charge in [0.25, 0.3) is 5.91 Å². The van der Waals surface area contributed by atoms with E-state index in [1.54, 1.807) is 21.6 Å². The molecule has 0 unspecified atom stereocenters. The van der Waals surface area contributed by atoms with Crippen molar-refractivity contribution in [1.29, 1.82) is 0 Å². The fraction of sp³-hybridized carbons (Fsp3) is 0.120. The Morgan fingerprint density at radius 3 is 2.73 bits per heavy atom. The van der Waals surface area contributed by atoms with Crippen molar-refractivity contribution in [3.63, 3.8) is 0 Å². The van der Waals surface area contributed by atoms with Gasteiger partial charge in [0.1, 0.15) is 0 Å². The SMILES string of the molecule is Cc1c(-c2cc(C(=O)Nc3ccn(Cc4cccc(Cl)c4)n3)c3ccccc3n2)cnn1C. The van der Waals surface area contributed by atoms with E-state index in [9.17, 15) is 4.79 Å². The normalized spacial score (nSPS) is 11.1. The van der Waals surface area contributed by atoms with Crippen molar-refractivity contribution in [2.24, 2.45) is 7.05 Å². The molecule has 5 aromatic rings. The number of fused-ring (bicyclic) bond motifs is 1. The van der Waals surface area contributed by atoms with Crippen molar-refractivity contribution in [2.75, 3.05) is 5.32 Å². The Morgan fingerprint density at radius 1 is 1.09 bits per heavy atom. The summed E-state index contributed by atoms with van der Waals surface area (Å²) in [5.41, 5.74) is 4.88. The number of benzene rings is 2. The van der Waals surface area contributed by atoms with E-state index in [-0.39, 0.29) is 5.91 Å². The number of aryl methyl sites for hydroxylation is 1. The lowest BCUT2D eigenvalue weighted by atomic mass is 10.0. The van der Waals surface area contributed by atoms with E-state index < -0.39 is 0 Å². The molecule has 1 N–H and O–H groups in total. The average molecular weight is 457 g/mol. The molecule has 0 saturated heterocycles. The smallest absolute Gasteiger partial charge is 0.257 e. The summed E-state index contributed by atoms with van der Waals surface area (Å²) in [5.74, 6) is 0.228. The van der Waals surface area contributed by atoms with E-state index in [4.69, 9.17) is 16.6 Å². The zero-order valence-electron chi connectivity index (χ0n) is 18.2. The van der Waals surface area contributed by atoms with E-state index in [1.807, 2.05) is 74.8 Å². The van der Waals surface area contributed by atoms with E-state index in [0.29, 0.717) is 28.6 Å². The molecule has 0 bridgehead atoms. The third-order valence-corrected chi connectivity index (χ3v) is 5.82. The summed E-state index contributed by atoms with van der Waals surface area (Å²) in [7, 11) is 1.88. The van der Waals surface area contributed by atoms with Crippen molar-refractivity contribution >= 4 is 34.2 Å². The summed E-state index contributed by atoms with van der Waals surface area (Å²) >= 11 is 6.07. The van der Waals surface area contributed by atoms with Crippen LogP contribution in [0.3, 0.4) is 0 Å². The maximum Gasteiger partial charge on any atom is 0.257 e. The largest absolute Gasteiger partial charge is 0.305 e. The maximum atomic E-state index is 13.3. The van der Waals surface area contributed by atoms with Gasteiger partial charge in [-0.1, -0.05) is 41.9 Å². The van der Waals surface area contributed by atoms with Gasteiger partial charge < -0.3 is 5.32 Å². The van der Waals surface area contributed by atoms with Crippen molar-refractivity contribution in [3.05, 3.63) is 94.9 Å².